The molecule has 1 unspecified atom stereocenters. The molecule has 1 atom stereocenters. The van der Waals surface area contributed by atoms with Gasteiger partial charge in [0.15, 0.2) is 5.78 Å². The second-order valence-electron chi connectivity index (χ2n) is 5.35. The first-order valence-electron chi connectivity index (χ1n) is 6.57. The smallest absolute Gasteiger partial charge is 0.181 e. The van der Waals surface area contributed by atoms with Crippen molar-refractivity contribution < 1.29 is 4.79 Å². The molecule has 0 radical (unpaired) electrons. The van der Waals surface area contributed by atoms with E-state index in [9.17, 15) is 4.79 Å². The highest BCUT2D eigenvalue weighted by molar-refractivity contribution is 6.00. The topological polar surface area (TPSA) is 23.6 Å². The van der Waals surface area contributed by atoms with Crippen LogP contribution in [0.15, 0.2) is 24.3 Å². The third kappa shape index (κ3) is 2.98. The van der Waals surface area contributed by atoms with Gasteiger partial charge in [-0.3, -0.25) is 9.69 Å². The number of ketones is 1. The second-order valence-corrected chi connectivity index (χ2v) is 5.35. The van der Waals surface area contributed by atoms with Gasteiger partial charge in [-0.25, -0.2) is 0 Å². The van der Waals surface area contributed by atoms with Crippen LogP contribution in [0.25, 0.3) is 0 Å². The van der Waals surface area contributed by atoms with Gasteiger partial charge in [0.2, 0.25) is 0 Å². The van der Waals surface area contributed by atoms with E-state index in [1.807, 2.05) is 31.2 Å². The lowest BCUT2D eigenvalue weighted by molar-refractivity contribution is 0.0839. The van der Waals surface area contributed by atoms with Crippen molar-refractivity contribution in [2.75, 3.05) is 33.7 Å². The van der Waals surface area contributed by atoms with Crippen molar-refractivity contribution in [1.82, 2.24) is 9.80 Å². The van der Waals surface area contributed by atoms with Crippen LogP contribution in [0.3, 0.4) is 0 Å². The number of rotatable bonds is 2. The molecule has 1 fully saturated rings. The van der Waals surface area contributed by atoms with Crippen molar-refractivity contribution in [2.45, 2.75) is 19.4 Å². The summed E-state index contributed by atoms with van der Waals surface area (Å²) in [6.07, 6.45) is 1.13. The molecule has 0 aromatic heterocycles. The minimum atomic E-state index is -0.0145. The van der Waals surface area contributed by atoms with Crippen LogP contribution in [0.4, 0.5) is 0 Å². The molecule has 2 rings (SSSR count). The van der Waals surface area contributed by atoms with E-state index in [1.165, 1.54) is 0 Å². The Morgan fingerprint density at radius 3 is 2.78 bits per heavy atom. The first-order chi connectivity index (χ1) is 8.58. The Morgan fingerprint density at radius 2 is 2.06 bits per heavy atom. The summed E-state index contributed by atoms with van der Waals surface area (Å²) in [6, 6.07) is 7.89. The fraction of sp³-hybridized carbons (Fsp3) is 0.533. The molecule has 1 aromatic rings. The van der Waals surface area contributed by atoms with Gasteiger partial charge in [0, 0.05) is 12.1 Å². The van der Waals surface area contributed by atoms with Crippen molar-refractivity contribution >= 4 is 5.78 Å². The van der Waals surface area contributed by atoms with Gasteiger partial charge in [0.1, 0.15) is 0 Å². The van der Waals surface area contributed by atoms with E-state index in [0.717, 1.165) is 37.2 Å². The molecule has 0 spiro atoms. The number of nitrogens with zero attached hydrogens (tertiary/aromatic N) is 2. The quantitative estimate of drug-likeness (QED) is 0.744. The number of carbonyl (C=O) groups excluding carboxylic acids is 1. The fourth-order valence-corrected chi connectivity index (χ4v) is 2.55. The average molecular weight is 246 g/mol. The van der Waals surface area contributed by atoms with E-state index in [-0.39, 0.29) is 11.8 Å². The molecule has 0 amide bonds. The number of likely N-dealkylation sites (N-methyl/N-ethyl adjacent to an activating group) is 2. The minimum Gasteiger partial charge on any atom is -0.304 e. The summed E-state index contributed by atoms with van der Waals surface area (Å²) in [5.41, 5.74) is 1.98. The summed E-state index contributed by atoms with van der Waals surface area (Å²) >= 11 is 0. The van der Waals surface area contributed by atoms with Gasteiger partial charge >= 0.3 is 0 Å². The molecule has 1 saturated heterocycles. The van der Waals surface area contributed by atoms with E-state index in [4.69, 9.17) is 0 Å². The van der Waals surface area contributed by atoms with Gasteiger partial charge in [-0.2, -0.15) is 0 Å². The lowest BCUT2D eigenvalue weighted by Crippen LogP contribution is -2.43. The van der Waals surface area contributed by atoms with Crippen LogP contribution >= 0.6 is 0 Å². The Hall–Kier alpha value is -1.19. The van der Waals surface area contributed by atoms with Gasteiger partial charge in [0.25, 0.3) is 0 Å². The lowest BCUT2D eigenvalue weighted by Gasteiger charge is -2.26. The van der Waals surface area contributed by atoms with Crippen LogP contribution in [0, 0.1) is 6.92 Å². The maximum Gasteiger partial charge on any atom is 0.181 e. The lowest BCUT2D eigenvalue weighted by atomic mass is 10.0. The zero-order valence-electron chi connectivity index (χ0n) is 11.5. The predicted molar refractivity (Wildman–Crippen MR) is 74.0 cm³/mol. The number of hydrogen-bond donors (Lipinski definition) is 0. The van der Waals surface area contributed by atoms with Crippen LogP contribution in [-0.2, 0) is 0 Å². The van der Waals surface area contributed by atoms with E-state index in [0.29, 0.717) is 0 Å². The zero-order valence-corrected chi connectivity index (χ0v) is 11.5. The van der Waals surface area contributed by atoms with E-state index in [2.05, 4.69) is 23.9 Å². The third-order valence-electron chi connectivity index (χ3n) is 3.67. The first kappa shape index (κ1) is 13.2. The molecular formula is C15H22N2O. The van der Waals surface area contributed by atoms with Gasteiger partial charge in [-0.15, -0.1) is 0 Å². The Bertz CT molecular complexity index is 430. The van der Waals surface area contributed by atoms with Crippen LogP contribution in [0.1, 0.15) is 22.3 Å². The molecule has 0 bridgehead atoms. The summed E-state index contributed by atoms with van der Waals surface area (Å²) in [4.78, 5) is 17.0. The highest BCUT2D eigenvalue weighted by atomic mass is 16.1. The zero-order chi connectivity index (χ0) is 13.1. The molecule has 3 nitrogen and oxygen atoms in total. The van der Waals surface area contributed by atoms with Crippen LogP contribution in [0.2, 0.25) is 0 Å². The van der Waals surface area contributed by atoms with E-state index in [1.54, 1.807) is 0 Å². The number of Topliss-reactive ketones (excluding diaryl/α,β-unsaturated/α-hetero) is 1. The molecule has 0 saturated carbocycles. The fourth-order valence-electron chi connectivity index (χ4n) is 2.55. The molecule has 1 heterocycles. The Balaban J connectivity index is 2.20. The average Bonchev–Trinajstić information content (AvgIpc) is 2.50. The van der Waals surface area contributed by atoms with Gasteiger partial charge in [0.05, 0.1) is 6.04 Å². The van der Waals surface area contributed by atoms with Gasteiger partial charge in [-0.1, -0.05) is 23.8 Å². The number of aryl methyl sites for hydroxylation is 1. The monoisotopic (exact) mass is 246 g/mol. The van der Waals surface area contributed by atoms with Crippen molar-refractivity contribution in [3.8, 4) is 0 Å². The summed E-state index contributed by atoms with van der Waals surface area (Å²) in [6.45, 7) is 4.91. The van der Waals surface area contributed by atoms with Crippen molar-refractivity contribution in [3.05, 3.63) is 35.4 Å². The highest BCUT2D eigenvalue weighted by Gasteiger charge is 2.27. The summed E-state index contributed by atoms with van der Waals surface area (Å²) in [5.74, 6) is 0.245. The van der Waals surface area contributed by atoms with E-state index < -0.39 is 0 Å². The standard InChI is InChI=1S/C15H22N2O/c1-12-6-4-7-13(10-12)15(18)14-11-16(2)8-5-9-17(14)3/h4,6-7,10,14H,5,8-9,11H2,1-3H3. The molecule has 1 aliphatic rings. The SMILES string of the molecule is Cc1cccc(C(=O)C2CN(C)CCCN2C)c1. The molecule has 1 aromatic carbocycles. The normalized spacial score (nSPS) is 22.7. The largest absolute Gasteiger partial charge is 0.304 e. The summed E-state index contributed by atoms with van der Waals surface area (Å²) in [7, 11) is 4.15. The molecule has 3 heteroatoms. The molecule has 98 valence electrons. The van der Waals surface area contributed by atoms with Crippen LogP contribution in [0.5, 0.6) is 0 Å². The molecule has 18 heavy (non-hydrogen) atoms. The number of hydrogen-bond acceptors (Lipinski definition) is 3. The first-order valence-corrected chi connectivity index (χ1v) is 6.57. The number of benzene rings is 1. The second kappa shape index (κ2) is 5.63. The van der Waals surface area contributed by atoms with Crippen LogP contribution in [-0.4, -0.2) is 55.4 Å². The van der Waals surface area contributed by atoms with Crippen molar-refractivity contribution in [1.29, 1.82) is 0 Å². The number of carbonyl (C=O) groups is 1. The minimum absolute atomic E-state index is 0.0145. The molecule has 0 aliphatic carbocycles. The Morgan fingerprint density at radius 1 is 1.28 bits per heavy atom. The van der Waals surface area contributed by atoms with Crippen molar-refractivity contribution in [2.24, 2.45) is 0 Å². The Labute approximate surface area is 109 Å². The predicted octanol–water partition coefficient (Wildman–Crippen LogP) is 1.81. The molecule has 0 N–H and O–H groups in total. The summed E-state index contributed by atoms with van der Waals surface area (Å²) in [5, 5.41) is 0. The Kier molecular flexibility index (Phi) is 4.15. The van der Waals surface area contributed by atoms with E-state index >= 15 is 0 Å². The van der Waals surface area contributed by atoms with Crippen molar-refractivity contribution in [3.63, 3.8) is 0 Å². The molecule has 1 aliphatic heterocycles. The maximum atomic E-state index is 12.6. The van der Waals surface area contributed by atoms with Gasteiger partial charge in [-0.05, 0) is 46.6 Å². The van der Waals surface area contributed by atoms with Crippen LogP contribution < -0.4 is 0 Å². The summed E-state index contributed by atoms with van der Waals surface area (Å²) < 4.78 is 0. The van der Waals surface area contributed by atoms with Gasteiger partial charge < -0.3 is 4.90 Å². The highest BCUT2D eigenvalue weighted by Crippen LogP contribution is 2.14. The maximum absolute atomic E-state index is 12.6. The molecular weight excluding hydrogens is 224 g/mol. The third-order valence-corrected chi connectivity index (χ3v) is 3.67.